The molecule has 0 aromatic carbocycles. The van der Waals surface area contributed by atoms with Crippen molar-refractivity contribution >= 4 is 7.12 Å². The van der Waals surface area contributed by atoms with Crippen molar-refractivity contribution in [2.75, 3.05) is 0 Å². The first kappa shape index (κ1) is 13.1. The van der Waals surface area contributed by atoms with Gasteiger partial charge in [0.05, 0.1) is 17.3 Å². The van der Waals surface area contributed by atoms with Crippen molar-refractivity contribution in [3.63, 3.8) is 0 Å². The van der Waals surface area contributed by atoms with Gasteiger partial charge in [-0.15, -0.1) is 5.92 Å². The van der Waals surface area contributed by atoms with E-state index in [1.54, 1.807) is 0 Å². The van der Waals surface area contributed by atoms with Crippen molar-refractivity contribution in [2.45, 2.75) is 58.2 Å². The second-order valence-corrected chi connectivity index (χ2v) is 4.92. The fourth-order valence-electron chi connectivity index (χ4n) is 1.31. The van der Waals surface area contributed by atoms with E-state index in [4.69, 9.17) is 14.6 Å². The molecule has 0 aromatic rings. The van der Waals surface area contributed by atoms with Gasteiger partial charge in [0, 0.05) is 12.8 Å². The molecule has 4 heteroatoms. The van der Waals surface area contributed by atoms with Crippen molar-refractivity contribution in [1.29, 1.82) is 5.26 Å². The molecule has 1 rings (SSSR count). The van der Waals surface area contributed by atoms with E-state index in [2.05, 4.69) is 17.8 Å². The van der Waals surface area contributed by atoms with Crippen molar-refractivity contribution in [3.8, 4) is 17.8 Å². The average molecular weight is 219 g/mol. The Morgan fingerprint density at radius 2 is 1.62 bits per heavy atom. The summed E-state index contributed by atoms with van der Waals surface area (Å²) in [6.45, 7) is 8.02. The van der Waals surface area contributed by atoms with E-state index >= 15 is 0 Å². The first-order chi connectivity index (χ1) is 7.39. The van der Waals surface area contributed by atoms with E-state index in [0.29, 0.717) is 6.42 Å². The molecule has 0 unspecified atom stereocenters. The van der Waals surface area contributed by atoms with Gasteiger partial charge in [-0.05, 0) is 34.1 Å². The Balaban J connectivity index is 2.45. The standard InChI is InChI=1S/C12H18BNO2/c1-11(2)12(3,4)16-13(15-11)9-7-5-6-8-10-14/h5-6,8H2,1-4H3. The first-order valence-electron chi connectivity index (χ1n) is 5.60. The summed E-state index contributed by atoms with van der Waals surface area (Å²) >= 11 is 0. The van der Waals surface area contributed by atoms with E-state index in [1.807, 2.05) is 27.7 Å². The SMILES string of the molecule is CC1(C)OB(C#CCCCC#N)OC1(C)C. The zero-order valence-electron chi connectivity index (χ0n) is 10.5. The predicted octanol–water partition coefficient (Wildman–Crippen LogP) is 2.32. The average Bonchev–Trinajstić information content (AvgIpc) is 2.35. The third-order valence-corrected chi connectivity index (χ3v) is 3.06. The van der Waals surface area contributed by atoms with E-state index in [1.165, 1.54) is 0 Å². The van der Waals surface area contributed by atoms with Gasteiger partial charge >= 0.3 is 7.12 Å². The number of nitrogens with zero attached hydrogens (tertiary/aromatic N) is 1. The Hall–Kier alpha value is -0.965. The van der Waals surface area contributed by atoms with Crippen molar-refractivity contribution in [3.05, 3.63) is 0 Å². The van der Waals surface area contributed by atoms with Crippen LogP contribution in [0.25, 0.3) is 0 Å². The number of rotatable bonds is 2. The molecule has 86 valence electrons. The van der Waals surface area contributed by atoms with Crippen molar-refractivity contribution < 1.29 is 9.31 Å². The second kappa shape index (κ2) is 4.91. The lowest BCUT2D eigenvalue weighted by Crippen LogP contribution is -2.41. The zero-order valence-corrected chi connectivity index (χ0v) is 10.5. The summed E-state index contributed by atoms with van der Waals surface area (Å²) < 4.78 is 11.4. The monoisotopic (exact) mass is 219 g/mol. The summed E-state index contributed by atoms with van der Waals surface area (Å²) in [6.07, 6.45) is 2.08. The van der Waals surface area contributed by atoms with E-state index in [-0.39, 0.29) is 11.2 Å². The fraction of sp³-hybridized carbons (Fsp3) is 0.750. The van der Waals surface area contributed by atoms with Gasteiger partial charge in [-0.3, -0.25) is 0 Å². The Morgan fingerprint density at radius 3 is 2.12 bits per heavy atom. The van der Waals surface area contributed by atoms with Crippen LogP contribution in [-0.2, 0) is 9.31 Å². The van der Waals surface area contributed by atoms with Gasteiger partial charge in [0.15, 0.2) is 0 Å². The summed E-state index contributed by atoms with van der Waals surface area (Å²) in [7, 11) is -0.438. The van der Waals surface area contributed by atoms with E-state index < -0.39 is 7.12 Å². The minimum absolute atomic E-state index is 0.320. The zero-order chi connectivity index (χ0) is 12.2. The molecular weight excluding hydrogens is 201 g/mol. The highest BCUT2D eigenvalue weighted by Crippen LogP contribution is 2.36. The molecule has 0 amide bonds. The molecule has 1 aliphatic heterocycles. The molecule has 0 N–H and O–H groups in total. The third kappa shape index (κ3) is 3.01. The van der Waals surface area contributed by atoms with Gasteiger partial charge in [0.25, 0.3) is 0 Å². The van der Waals surface area contributed by atoms with Crippen LogP contribution in [-0.4, -0.2) is 18.3 Å². The summed E-state index contributed by atoms with van der Waals surface area (Å²) in [6, 6.07) is 2.09. The number of hydrogen-bond acceptors (Lipinski definition) is 3. The highest BCUT2D eigenvalue weighted by atomic mass is 16.7. The van der Waals surface area contributed by atoms with Crippen LogP contribution in [0.2, 0.25) is 0 Å². The lowest BCUT2D eigenvalue weighted by molar-refractivity contribution is 0.00578. The Kier molecular flexibility index (Phi) is 4.02. The van der Waals surface area contributed by atoms with Gasteiger partial charge < -0.3 is 9.31 Å². The van der Waals surface area contributed by atoms with Crippen LogP contribution in [0.5, 0.6) is 0 Å². The molecule has 0 aliphatic carbocycles. The van der Waals surface area contributed by atoms with Gasteiger partial charge in [-0.1, -0.05) is 5.82 Å². The number of hydrogen-bond donors (Lipinski definition) is 0. The normalized spacial score (nSPS) is 21.1. The summed E-state index contributed by atoms with van der Waals surface area (Å²) in [5.74, 6) is 5.93. The molecule has 0 saturated carbocycles. The maximum absolute atomic E-state index is 8.37. The quantitative estimate of drug-likeness (QED) is 0.406. The molecule has 0 spiro atoms. The summed E-state index contributed by atoms with van der Waals surface area (Å²) in [5, 5.41) is 8.37. The topological polar surface area (TPSA) is 42.2 Å². The van der Waals surface area contributed by atoms with Crippen LogP contribution in [0.15, 0.2) is 0 Å². The van der Waals surface area contributed by atoms with Gasteiger partial charge in [-0.2, -0.15) is 5.26 Å². The fourth-order valence-corrected chi connectivity index (χ4v) is 1.31. The lowest BCUT2D eigenvalue weighted by atomic mass is 9.90. The molecule has 3 nitrogen and oxygen atoms in total. The predicted molar refractivity (Wildman–Crippen MR) is 63.3 cm³/mol. The van der Waals surface area contributed by atoms with E-state index in [9.17, 15) is 0 Å². The minimum Gasteiger partial charge on any atom is -0.392 e. The molecule has 1 heterocycles. The first-order valence-corrected chi connectivity index (χ1v) is 5.60. The maximum atomic E-state index is 8.37. The Labute approximate surface area is 98.3 Å². The number of nitriles is 1. The van der Waals surface area contributed by atoms with Crippen LogP contribution < -0.4 is 0 Å². The lowest BCUT2D eigenvalue weighted by Gasteiger charge is -2.32. The molecule has 0 radical (unpaired) electrons. The highest BCUT2D eigenvalue weighted by Gasteiger charge is 2.50. The van der Waals surface area contributed by atoms with Gasteiger partial charge in [-0.25, -0.2) is 0 Å². The summed E-state index contributed by atoms with van der Waals surface area (Å²) in [5.41, 5.74) is -0.641. The molecule has 1 aliphatic rings. The van der Waals surface area contributed by atoms with Crippen LogP contribution in [0, 0.1) is 23.1 Å². The molecule has 0 atom stereocenters. The Bertz CT molecular complexity index is 330. The number of unbranched alkanes of at least 4 members (excludes halogenated alkanes) is 2. The molecular formula is C12H18BNO2. The molecule has 1 saturated heterocycles. The van der Waals surface area contributed by atoms with Crippen LogP contribution in [0.3, 0.4) is 0 Å². The minimum atomic E-state index is -0.438. The summed E-state index contributed by atoms with van der Waals surface area (Å²) in [4.78, 5) is 0. The maximum Gasteiger partial charge on any atom is 0.551 e. The van der Waals surface area contributed by atoms with Crippen molar-refractivity contribution in [2.24, 2.45) is 0 Å². The Morgan fingerprint density at radius 1 is 1.06 bits per heavy atom. The molecule has 0 aromatic heterocycles. The molecule has 1 fully saturated rings. The smallest absolute Gasteiger partial charge is 0.392 e. The van der Waals surface area contributed by atoms with Crippen molar-refractivity contribution in [1.82, 2.24) is 0 Å². The van der Waals surface area contributed by atoms with Gasteiger partial charge in [0.1, 0.15) is 0 Å². The molecule has 16 heavy (non-hydrogen) atoms. The third-order valence-electron chi connectivity index (χ3n) is 3.06. The van der Waals surface area contributed by atoms with Crippen LogP contribution in [0.4, 0.5) is 0 Å². The van der Waals surface area contributed by atoms with Crippen LogP contribution in [0.1, 0.15) is 47.0 Å². The largest absolute Gasteiger partial charge is 0.551 e. The van der Waals surface area contributed by atoms with Crippen LogP contribution >= 0.6 is 0 Å². The van der Waals surface area contributed by atoms with Gasteiger partial charge in [0.2, 0.25) is 0 Å². The van der Waals surface area contributed by atoms with E-state index in [0.717, 1.165) is 12.8 Å². The second-order valence-electron chi connectivity index (χ2n) is 4.92. The molecule has 0 bridgehead atoms. The highest BCUT2D eigenvalue weighted by molar-refractivity contribution is 6.55.